The molecule has 2 aliphatic carbocycles. The van der Waals surface area contributed by atoms with Crippen LogP contribution in [0.15, 0.2) is 35.4 Å². The van der Waals surface area contributed by atoms with Crippen molar-refractivity contribution in [3.63, 3.8) is 0 Å². The zero-order chi connectivity index (χ0) is 18.5. The lowest BCUT2D eigenvalue weighted by Crippen LogP contribution is -2.29. The van der Waals surface area contributed by atoms with Crippen LogP contribution in [0.5, 0.6) is 0 Å². The van der Waals surface area contributed by atoms with Crippen molar-refractivity contribution in [2.75, 3.05) is 0 Å². The number of benzene rings is 1. The van der Waals surface area contributed by atoms with Gasteiger partial charge in [0, 0.05) is 25.2 Å². The van der Waals surface area contributed by atoms with Crippen LogP contribution in [0, 0.1) is 0 Å². The van der Waals surface area contributed by atoms with E-state index in [9.17, 15) is 18.3 Å². The normalized spacial score (nSPS) is 22.8. The van der Waals surface area contributed by atoms with E-state index in [1.165, 1.54) is 10.9 Å². The van der Waals surface area contributed by atoms with Gasteiger partial charge in [0.25, 0.3) is 0 Å². The fraction of sp³-hybridized carbons (Fsp3) is 0.444. The molecule has 0 bridgehead atoms. The van der Waals surface area contributed by atoms with Crippen molar-refractivity contribution in [1.82, 2.24) is 14.5 Å². The Bertz CT molecular complexity index is 963. The number of rotatable bonds is 5. The van der Waals surface area contributed by atoms with Crippen LogP contribution < -0.4 is 4.72 Å². The van der Waals surface area contributed by atoms with E-state index in [1.807, 2.05) is 0 Å². The van der Waals surface area contributed by atoms with Crippen molar-refractivity contribution < 1.29 is 18.3 Å². The third-order valence-corrected chi connectivity index (χ3v) is 6.91. The number of aliphatic carboxylic acids is 1. The highest BCUT2D eigenvalue weighted by Crippen LogP contribution is 2.42. The van der Waals surface area contributed by atoms with Crippen molar-refractivity contribution in [2.45, 2.75) is 48.5 Å². The van der Waals surface area contributed by atoms with Gasteiger partial charge < -0.3 is 5.11 Å². The summed E-state index contributed by atoms with van der Waals surface area (Å²) in [5.74, 6) is -1.44. The second kappa shape index (κ2) is 6.21. The van der Waals surface area contributed by atoms with E-state index in [4.69, 9.17) is 0 Å². The lowest BCUT2D eigenvalue weighted by atomic mass is 9.83. The Labute approximate surface area is 152 Å². The number of nitrogens with one attached hydrogen (secondary N) is 1. The molecule has 138 valence electrons. The predicted octanol–water partition coefficient (Wildman–Crippen LogP) is 2.28. The van der Waals surface area contributed by atoms with Gasteiger partial charge in [0.05, 0.1) is 11.6 Å². The molecular weight excluding hydrogens is 354 g/mol. The van der Waals surface area contributed by atoms with E-state index in [-0.39, 0.29) is 17.2 Å². The maximum absolute atomic E-state index is 13.0. The second-order valence-corrected chi connectivity index (χ2v) is 8.79. The number of hydrogen-bond donors (Lipinski definition) is 2. The zero-order valence-corrected chi connectivity index (χ0v) is 15.2. The first-order valence-electron chi connectivity index (χ1n) is 8.74. The van der Waals surface area contributed by atoms with Gasteiger partial charge in [-0.3, -0.25) is 9.48 Å². The summed E-state index contributed by atoms with van der Waals surface area (Å²) in [5.41, 5.74) is 2.03. The molecule has 0 saturated heterocycles. The number of carboxylic acids is 1. The van der Waals surface area contributed by atoms with E-state index in [2.05, 4.69) is 9.82 Å². The fourth-order valence-electron chi connectivity index (χ4n) is 3.89. The second-order valence-electron chi connectivity index (χ2n) is 7.11. The number of carboxylic acid groups (broad SMARTS) is 1. The number of sulfonamides is 1. The highest BCUT2D eigenvalue weighted by molar-refractivity contribution is 7.89. The number of aromatic nitrogens is 2. The quantitative estimate of drug-likeness (QED) is 0.835. The van der Waals surface area contributed by atoms with Crippen molar-refractivity contribution in [1.29, 1.82) is 0 Å². The third-order valence-electron chi connectivity index (χ3n) is 5.42. The van der Waals surface area contributed by atoms with Crippen LogP contribution in [-0.2, 0) is 21.9 Å². The van der Waals surface area contributed by atoms with Crippen LogP contribution >= 0.6 is 0 Å². The van der Waals surface area contributed by atoms with Crippen LogP contribution in [0.3, 0.4) is 0 Å². The molecule has 0 aliphatic heterocycles. The third kappa shape index (κ3) is 2.83. The molecule has 0 radical (unpaired) electrons. The smallest absolute Gasteiger partial charge is 0.311 e. The Morgan fingerprint density at radius 1 is 1.27 bits per heavy atom. The van der Waals surface area contributed by atoms with Gasteiger partial charge in [0.2, 0.25) is 10.0 Å². The standard InChI is InChI=1S/C18H21N3O4S/c1-21-10-16(17(19-21)11-5-4-6-11)26(24,25)20-15-9-14(18(22)23)12-7-2-3-8-13(12)15/h2-3,7-8,10-11,14-15,20H,4-6,9H2,1H3,(H,22,23)/t14-,15+/m0/s1. The summed E-state index contributed by atoms with van der Waals surface area (Å²) in [5, 5.41) is 13.8. The molecule has 2 aliphatic rings. The average molecular weight is 375 g/mol. The monoisotopic (exact) mass is 375 g/mol. The van der Waals surface area contributed by atoms with Gasteiger partial charge in [0.15, 0.2) is 0 Å². The van der Waals surface area contributed by atoms with Crippen LogP contribution in [0.2, 0.25) is 0 Å². The number of aryl methyl sites for hydroxylation is 1. The minimum absolute atomic E-state index is 0.186. The molecule has 1 fully saturated rings. The Balaban J connectivity index is 1.66. The van der Waals surface area contributed by atoms with E-state index >= 15 is 0 Å². The summed E-state index contributed by atoms with van der Waals surface area (Å²) in [4.78, 5) is 11.8. The minimum atomic E-state index is -3.79. The Hall–Kier alpha value is -2.19. The predicted molar refractivity (Wildman–Crippen MR) is 94.3 cm³/mol. The van der Waals surface area contributed by atoms with E-state index in [0.717, 1.165) is 24.8 Å². The molecule has 26 heavy (non-hydrogen) atoms. The lowest BCUT2D eigenvalue weighted by Gasteiger charge is -2.24. The number of fused-ring (bicyclic) bond motifs is 1. The SMILES string of the molecule is Cn1cc(S(=O)(=O)N[C@@H]2C[C@H](C(=O)O)c3ccccc32)c(C2CCC2)n1. The molecule has 1 heterocycles. The van der Waals surface area contributed by atoms with Crippen LogP contribution in [-0.4, -0.2) is 29.3 Å². The van der Waals surface area contributed by atoms with Crippen molar-refractivity contribution in [3.8, 4) is 0 Å². The zero-order valence-electron chi connectivity index (χ0n) is 14.4. The molecule has 0 amide bonds. The molecular formula is C18H21N3O4S. The molecule has 2 aromatic rings. The highest BCUT2D eigenvalue weighted by Gasteiger charge is 2.39. The molecule has 8 heteroatoms. The molecule has 7 nitrogen and oxygen atoms in total. The van der Waals surface area contributed by atoms with Crippen LogP contribution in [0.25, 0.3) is 0 Å². The van der Waals surface area contributed by atoms with Gasteiger partial charge in [-0.2, -0.15) is 5.10 Å². The number of nitrogens with zero attached hydrogens (tertiary/aromatic N) is 2. The summed E-state index contributed by atoms with van der Waals surface area (Å²) >= 11 is 0. The fourth-order valence-corrected chi connectivity index (χ4v) is 5.39. The summed E-state index contributed by atoms with van der Waals surface area (Å²) in [6.45, 7) is 0. The van der Waals surface area contributed by atoms with Gasteiger partial charge in [0.1, 0.15) is 4.90 Å². The van der Waals surface area contributed by atoms with E-state index in [1.54, 1.807) is 31.3 Å². The lowest BCUT2D eigenvalue weighted by molar-refractivity contribution is -0.138. The first kappa shape index (κ1) is 17.2. The molecule has 2 atom stereocenters. The molecule has 1 aromatic heterocycles. The molecule has 1 aromatic carbocycles. The van der Waals surface area contributed by atoms with Crippen LogP contribution in [0.1, 0.15) is 60.4 Å². The van der Waals surface area contributed by atoms with Gasteiger partial charge in [-0.25, -0.2) is 13.1 Å². The van der Waals surface area contributed by atoms with Gasteiger partial charge in [-0.15, -0.1) is 0 Å². The van der Waals surface area contributed by atoms with Crippen molar-refractivity contribution in [3.05, 3.63) is 47.3 Å². The highest BCUT2D eigenvalue weighted by atomic mass is 32.2. The molecule has 0 spiro atoms. The Morgan fingerprint density at radius 3 is 2.58 bits per heavy atom. The van der Waals surface area contributed by atoms with Crippen LogP contribution in [0.4, 0.5) is 0 Å². The average Bonchev–Trinajstić information content (AvgIpc) is 3.08. The minimum Gasteiger partial charge on any atom is -0.481 e. The molecule has 1 saturated carbocycles. The Kier molecular flexibility index (Phi) is 4.11. The summed E-state index contributed by atoms with van der Waals surface area (Å²) in [6, 6.07) is 6.58. The van der Waals surface area contributed by atoms with Gasteiger partial charge >= 0.3 is 5.97 Å². The summed E-state index contributed by atoms with van der Waals surface area (Å²) in [7, 11) is -2.08. The maximum atomic E-state index is 13.0. The molecule has 2 N–H and O–H groups in total. The number of carbonyl (C=O) groups is 1. The molecule has 4 rings (SSSR count). The summed E-state index contributed by atoms with van der Waals surface area (Å²) in [6.07, 6.45) is 4.74. The number of hydrogen-bond acceptors (Lipinski definition) is 4. The van der Waals surface area contributed by atoms with E-state index < -0.39 is 28.0 Å². The Morgan fingerprint density at radius 2 is 1.96 bits per heavy atom. The van der Waals surface area contributed by atoms with E-state index in [0.29, 0.717) is 11.3 Å². The first-order valence-corrected chi connectivity index (χ1v) is 10.2. The maximum Gasteiger partial charge on any atom is 0.311 e. The van der Waals surface area contributed by atoms with Gasteiger partial charge in [-0.05, 0) is 30.4 Å². The molecule has 0 unspecified atom stereocenters. The van der Waals surface area contributed by atoms with Gasteiger partial charge in [-0.1, -0.05) is 30.7 Å². The topological polar surface area (TPSA) is 101 Å². The largest absolute Gasteiger partial charge is 0.481 e. The van der Waals surface area contributed by atoms with Crippen molar-refractivity contribution >= 4 is 16.0 Å². The first-order chi connectivity index (χ1) is 12.4. The van der Waals surface area contributed by atoms with Crippen molar-refractivity contribution in [2.24, 2.45) is 7.05 Å². The summed E-state index contributed by atoms with van der Waals surface area (Å²) < 4.78 is 30.3.